The van der Waals surface area contributed by atoms with Crippen molar-refractivity contribution < 1.29 is 0 Å². The molecule has 1 N–H and O–H groups in total. The topological polar surface area (TPSA) is 12.0 Å². The van der Waals surface area contributed by atoms with Gasteiger partial charge in [0.2, 0.25) is 0 Å². The summed E-state index contributed by atoms with van der Waals surface area (Å²) in [5.74, 6) is 0. The lowest BCUT2D eigenvalue weighted by molar-refractivity contribution is 0.358. The van der Waals surface area contributed by atoms with E-state index in [9.17, 15) is 0 Å². The molecule has 0 saturated heterocycles. The van der Waals surface area contributed by atoms with Crippen LogP contribution in [-0.2, 0) is 0 Å². The number of aryl methyl sites for hydroxylation is 2. The molecule has 1 heteroatoms. The highest BCUT2D eigenvalue weighted by Crippen LogP contribution is 2.20. The Labute approximate surface area is 107 Å². The van der Waals surface area contributed by atoms with Gasteiger partial charge in [0.05, 0.1) is 0 Å². The van der Waals surface area contributed by atoms with Gasteiger partial charge >= 0.3 is 0 Å². The maximum atomic E-state index is 3.60. The SMILES string of the molecule is Cc1ccc(C(C)NCCC(C)(C)C)cc1C. The van der Waals surface area contributed by atoms with E-state index in [4.69, 9.17) is 0 Å². The standard InChI is InChI=1S/C16H27N/c1-12-7-8-15(11-13(12)2)14(3)17-10-9-16(4,5)6/h7-8,11,14,17H,9-10H2,1-6H3. The number of nitrogens with one attached hydrogen (secondary N) is 1. The minimum Gasteiger partial charge on any atom is -0.310 e. The van der Waals surface area contributed by atoms with Crippen molar-refractivity contribution in [1.29, 1.82) is 0 Å². The van der Waals surface area contributed by atoms with Crippen molar-refractivity contribution >= 4 is 0 Å². The van der Waals surface area contributed by atoms with E-state index in [1.54, 1.807) is 0 Å². The summed E-state index contributed by atoms with van der Waals surface area (Å²) in [4.78, 5) is 0. The van der Waals surface area contributed by atoms with E-state index in [1.807, 2.05) is 0 Å². The molecule has 0 aliphatic rings. The van der Waals surface area contributed by atoms with Crippen LogP contribution in [0, 0.1) is 19.3 Å². The lowest BCUT2D eigenvalue weighted by atomic mass is 9.92. The molecule has 1 nitrogen and oxygen atoms in total. The number of benzene rings is 1. The van der Waals surface area contributed by atoms with E-state index in [-0.39, 0.29) is 0 Å². The molecule has 1 aromatic carbocycles. The molecule has 0 aliphatic heterocycles. The molecule has 0 amide bonds. The maximum Gasteiger partial charge on any atom is 0.0291 e. The van der Waals surface area contributed by atoms with Crippen LogP contribution in [0.4, 0.5) is 0 Å². The average molecular weight is 233 g/mol. The third-order valence-electron chi connectivity index (χ3n) is 3.36. The molecule has 0 heterocycles. The van der Waals surface area contributed by atoms with E-state index in [1.165, 1.54) is 23.1 Å². The maximum absolute atomic E-state index is 3.60. The Morgan fingerprint density at radius 3 is 2.29 bits per heavy atom. The second-order valence-corrected chi connectivity index (χ2v) is 6.33. The molecule has 0 aromatic heterocycles. The Hall–Kier alpha value is -0.820. The minimum atomic E-state index is 0.413. The second-order valence-electron chi connectivity index (χ2n) is 6.33. The summed E-state index contributed by atoms with van der Waals surface area (Å²) in [5.41, 5.74) is 4.56. The molecule has 0 bridgehead atoms. The third kappa shape index (κ3) is 4.91. The molecule has 0 saturated carbocycles. The van der Waals surface area contributed by atoms with E-state index >= 15 is 0 Å². The summed E-state index contributed by atoms with van der Waals surface area (Å²) >= 11 is 0. The van der Waals surface area contributed by atoms with Gasteiger partial charge in [-0.15, -0.1) is 0 Å². The molecule has 0 aliphatic carbocycles. The van der Waals surface area contributed by atoms with E-state index in [0.717, 1.165) is 6.54 Å². The molecular weight excluding hydrogens is 206 g/mol. The zero-order chi connectivity index (χ0) is 13.1. The van der Waals surface area contributed by atoms with Crippen molar-refractivity contribution in [3.63, 3.8) is 0 Å². The van der Waals surface area contributed by atoms with Crippen LogP contribution >= 0.6 is 0 Å². The first-order valence-corrected chi connectivity index (χ1v) is 6.60. The van der Waals surface area contributed by atoms with Crippen molar-refractivity contribution in [3.8, 4) is 0 Å². The van der Waals surface area contributed by atoms with E-state index < -0.39 is 0 Å². The number of hydrogen-bond acceptors (Lipinski definition) is 1. The average Bonchev–Trinajstić information content (AvgIpc) is 2.20. The summed E-state index contributed by atoms with van der Waals surface area (Å²) < 4.78 is 0. The minimum absolute atomic E-state index is 0.413. The highest BCUT2D eigenvalue weighted by molar-refractivity contribution is 5.31. The van der Waals surface area contributed by atoms with Crippen molar-refractivity contribution in [1.82, 2.24) is 5.32 Å². The largest absolute Gasteiger partial charge is 0.310 e. The normalized spacial score (nSPS) is 13.8. The van der Waals surface area contributed by atoms with Crippen molar-refractivity contribution in [3.05, 3.63) is 34.9 Å². The molecule has 1 unspecified atom stereocenters. The fourth-order valence-electron chi connectivity index (χ4n) is 1.82. The Kier molecular flexibility index (Phi) is 4.76. The van der Waals surface area contributed by atoms with E-state index in [2.05, 4.69) is 65.1 Å². The zero-order valence-corrected chi connectivity index (χ0v) is 12.2. The fourth-order valence-corrected chi connectivity index (χ4v) is 1.82. The van der Waals surface area contributed by atoms with Crippen LogP contribution in [0.1, 0.15) is 56.8 Å². The van der Waals surface area contributed by atoms with Gasteiger partial charge in [-0.25, -0.2) is 0 Å². The Morgan fingerprint density at radius 2 is 1.76 bits per heavy atom. The first kappa shape index (κ1) is 14.2. The molecular formula is C16H27N. The quantitative estimate of drug-likeness (QED) is 0.813. The Morgan fingerprint density at radius 1 is 1.12 bits per heavy atom. The molecule has 0 fully saturated rings. The third-order valence-corrected chi connectivity index (χ3v) is 3.36. The molecule has 0 spiro atoms. The van der Waals surface area contributed by atoms with E-state index in [0.29, 0.717) is 11.5 Å². The molecule has 1 rings (SSSR count). The summed E-state index contributed by atoms with van der Waals surface area (Å²) in [5, 5.41) is 3.60. The van der Waals surface area contributed by atoms with Crippen LogP contribution in [0.2, 0.25) is 0 Å². The van der Waals surface area contributed by atoms with Crippen LogP contribution in [0.5, 0.6) is 0 Å². The van der Waals surface area contributed by atoms with Crippen LogP contribution < -0.4 is 5.32 Å². The molecule has 1 aromatic rings. The van der Waals surface area contributed by atoms with Gasteiger partial charge in [0, 0.05) is 6.04 Å². The monoisotopic (exact) mass is 233 g/mol. The van der Waals surface area contributed by atoms with Crippen LogP contribution in [0.25, 0.3) is 0 Å². The lowest BCUT2D eigenvalue weighted by Gasteiger charge is -2.21. The zero-order valence-electron chi connectivity index (χ0n) is 12.2. The second kappa shape index (κ2) is 5.68. The van der Waals surface area contributed by atoms with Crippen LogP contribution in [-0.4, -0.2) is 6.54 Å². The van der Waals surface area contributed by atoms with Gasteiger partial charge in [0.1, 0.15) is 0 Å². The van der Waals surface area contributed by atoms with Gasteiger partial charge in [-0.05, 0) is 55.8 Å². The summed E-state index contributed by atoms with van der Waals surface area (Å²) in [6.07, 6.45) is 1.21. The van der Waals surface area contributed by atoms with Crippen molar-refractivity contribution in [2.75, 3.05) is 6.54 Å². The highest BCUT2D eigenvalue weighted by Gasteiger charge is 2.11. The number of rotatable bonds is 4. The predicted octanol–water partition coefficient (Wildman–Crippen LogP) is 4.39. The van der Waals surface area contributed by atoms with Crippen LogP contribution in [0.15, 0.2) is 18.2 Å². The lowest BCUT2D eigenvalue weighted by Crippen LogP contribution is -2.23. The predicted molar refractivity (Wildman–Crippen MR) is 76.4 cm³/mol. The van der Waals surface area contributed by atoms with Gasteiger partial charge in [0.25, 0.3) is 0 Å². The molecule has 96 valence electrons. The summed E-state index contributed by atoms with van der Waals surface area (Å²) in [6, 6.07) is 7.19. The summed E-state index contributed by atoms with van der Waals surface area (Å²) in [7, 11) is 0. The molecule has 0 radical (unpaired) electrons. The first-order valence-electron chi connectivity index (χ1n) is 6.60. The molecule has 1 atom stereocenters. The van der Waals surface area contributed by atoms with Gasteiger partial charge in [-0.3, -0.25) is 0 Å². The van der Waals surface area contributed by atoms with Gasteiger partial charge in [-0.2, -0.15) is 0 Å². The van der Waals surface area contributed by atoms with Gasteiger partial charge in [0.15, 0.2) is 0 Å². The van der Waals surface area contributed by atoms with Crippen molar-refractivity contribution in [2.24, 2.45) is 5.41 Å². The highest BCUT2D eigenvalue weighted by atomic mass is 14.9. The summed E-state index contributed by atoms with van der Waals surface area (Å²) in [6.45, 7) is 14.5. The Balaban J connectivity index is 2.52. The van der Waals surface area contributed by atoms with Gasteiger partial charge in [-0.1, -0.05) is 39.0 Å². The first-order chi connectivity index (χ1) is 7.79. The molecule has 17 heavy (non-hydrogen) atoms. The number of hydrogen-bond donors (Lipinski definition) is 1. The van der Waals surface area contributed by atoms with Crippen molar-refractivity contribution in [2.45, 2.75) is 54.0 Å². The van der Waals surface area contributed by atoms with Gasteiger partial charge < -0.3 is 5.32 Å². The smallest absolute Gasteiger partial charge is 0.0291 e. The van der Waals surface area contributed by atoms with Crippen LogP contribution in [0.3, 0.4) is 0 Å². The fraction of sp³-hybridized carbons (Fsp3) is 0.625. The Bertz CT molecular complexity index is 360.